The number of allylic oxidation sites excluding steroid dienone is 2. The summed E-state index contributed by atoms with van der Waals surface area (Å²) in [6.45, 7) is 6.89. The number of carbonyl (C=O) groups excluding carboxylic acids is 2. The number of hydrogen-bond donors (Lipinski definition) is 1. The molecule has 118 valence electrons. The highest BCUT2D eigenvalue weighted by Gasteiger charge is 2.12. The molecule has 0 unspecified atom stereocenters. The first kappa shape index (κ1) is 17.5. The molecule has 5 nitrogen and oxygen atoms in total. The molecule has 0 aliphatic carbocycles. The fourth-order valence-corrected chi connectivity index (χ4v) is 1.67. The van der Waals surface area contributed by atoms with Crippen molar-refractivity contribution in [3.63, 3.8) is 0 Å². The fraction of sp³-hybridized carbons (Fsp3) is 0.294. The van der Waals surface area contributed by atoms with E-state index in [0.717, 1.165) is 5.56 Å². The zero-order chi connectivity index (χ0) is 16.5. The van der Waals surface area contributed by atoms with E-state index in [2.05, 4.69) is 11.9 Å². The molecule has 1 N–H and O–H groups in total. The zero-order valence-electron chi connectivity index (χ0n) is 13.1. The van der Waals surface area contributed by atoms with Gasteiger partial charge in [0.1, 0.15) is 6.54 Å². The highest BCUT2D eigenvalue weighted by atomic mass is 16.6. The standard InChI is InChI=1S/C17H21NO4/c1-5-7-13-8-9-14(15(10-13)21-4)22-16(19)11-18-17(20)12(3)6-2/h5-6,8-10H,1,7,11H2,2-4H3,(H,18,20). The van der Waals surface area contributed by atoms with Crippen LogP contribution in [0.4, 0.5) is 0 Å². The number of amides is 1. The maximum absolute atomic E-state index is 11.8. The number of methoxy groups -OCH3 is 1. The second-order valence-corrected chi connectivity index (χ2v) is 4.61. The highest BCUT2D eigenvalue weighted by molar-refractivity contribution is 5.94. The van der Waals surface area contributed by atoms with Gasteiger partial charge in [0.2, 0.25) is 5.91 Å². The first-order valence-corrected chi connectivity index (χ1v) is 6.91. The van der Waals surface area contributed by atoms with Crippen molar-refractivity contribution in [2.45, 2.75) is 20.3 Å². The van der Waals surface area contributed by atoms with Gasteiger partial charge in [-0.3, -0.25) is 4.79 Å². The lowest BCUT2D eigenvalue weighted by molar-refractivity contribution is -0.135. The molecular formula is C17H21NO4. The normalized spacial score (nSPS) is 10.8. The van der Waals surface area contributed by atoms with Crippen LogP contribution < -0.4 is 14.8 Å². The Hall–Kier alpha value is -2.56. The van der Waals surface area contributed by atoms with E-state index >= 15 is 0 Å². The van der Waals surface area contributed by atoms with Crippen molar-refractivity contribution in [3.8, 4) is 11.5 Å². The molecule has 22 heavy (non-hydrogen) atoms. The summed E-state index contributed by atoms with van der Waals surface area (Å²) in [7, 11) is 1.50. The lowest BCUT2D eigenvalue weighted by atomic mass is 10.1. The Morgan fingerprint density at radius 1 is 1.32 bits per heavy atom. The highest BCUT2D eigenvalue weighted by Crippen LogP contribution is 2.28. The Morgan fingerprint density at radius 3 is 2.64 bits per heavy atom. The van der Waals surface area contributed by atoms with Crippen molar-refractivity contribution in [2.24, 2.45) is 0 Å². The van der Waals surface area contributed by atoms with Crippen LogP contribution in [0.25, 0.3) is 0 Å². The van der Waals surface area contributed by atoms with Crippen molar-refractivity contribution in [2.75, 3.05) is 13.7 Å². The Kier molecular flexibility index (Phi) is 6.89. The van der Waals surface area contributed by atoms with Gasteiger partial charge >= 0.3 is 5.97 Å². The van der Waals surface area contributed by atoms with Gasteiger partial charge in [-0.2, -0.15) is 0 Å². The van der Waals surface area contributed by atoms with E-state index in [4.69, 9.17) is 9.47 Å². The van der Waals surface area contributed by atoms with Gasteiger partial charge in [-0.15, -0.1) is 6.58 Å². The predicted octanol–water partition coefficient (Wildman–Crippen LogP) is 2.41. The Bertz CT molecular complexity index is 590. The van der Waals surface area contributed by atoms with Gasteiger partial charge in [0.05, 0.1) is 7.11 Å². The minimum atomic E-state index is -0.563. The second-order valence-electron chi connectivity index (χ2n) is 4.61. The monoisotopic (exact) mass is 303 g/mol. The first-order chi connectivity index (χ1) is 10.5. The van der Waals surface area contributed by atoms with Gasteiger partial charge in [-0.25, -0.2) is 4.79 Å². The van der Waals surface area contributed by atoms with E-state index in [1.807, 2.05) is 6.07 Å². The van der Waals surface area contributed by atoms with Crippen LogP contribution in [0.5, 0.6) is 11.5 Å². The van der Waals surface area contributed by atoms with Crippen LogP contribution in [0.1, 0.15) is 19.4 Å². The van der Waals surface area contributed by atoms with Gasteiger partial charge in [0, 0.05) is 5.57 Å². The Labute approximate surface area is 130 Å². The van der Waals surface area contributed by atoms with Crippen LogP contribution >= 0.6 is 0 Å². The van der Waals surface area contributed by atoms with E-state index in [-0.39, 0.29) is 12.5 Å². The second kappa shape index (κ2) is 8.67. The third-order valence-corrected chi connectivity index (χ3v) is 3.02. The molecule has 0 saturated carbocycles. The summed E-state index contributed by atoms with van der Waals surface area (Å²) >= 11 is 0. The molecule has 0 bridgehead atoms. The van der Waals surface area contributed by atoms with Crippen LogP contribution in [0.15, 0.2) is 42.5 Å². The fourth-order valence-electron chi connectivity index (χ4n) is 1.67. The summed E-state index contributed by atoms with van der Waals surface area (Å²) in [5, 5.41) is 2.49. The van der Waals surface area contributed by atoms with Crippen LogP contribution in [0.2, 0.25) is 0 Å². The van der Waals surface area contributed by atoms with Crippen LogP contribution in [-0.4, -0.2) is 25.5 Å². The number of rotatable bonds is 7. The van der Waals surface area contributed by atoms with E-state index in [1.165, 1.54) is 7.11 Å². The average molecular weight is 303 g/mol. The maximum Gasteiger partial charge on any atom is 0.330 e. The smallest absolute Gasteiger partial charge is 0.330 e. The lowest BCUT2D eigenvalue weighted by Gasteiger charge is -2.11. The quantitative estimate of drug-likeness (QED) is 0.363. The van der Waals surface area contributed by atoms with Gasteiger partial charge in [-0.05, 0) is 38.0 Å². The predicted molar refractivity (Wildman–Crippen MR) is 85.0 cm³/mol. The molecule has 0 spiro atoms. The van der Waals surface area contributed by atoms with Gasteiger partial charge in [-0.1, -0.05) is 18.2 Å². The van der Waals surface area contributed by atoms with Crippen molar-refractivity contribution < 1.29 is 19.1 Å². The van der Waals surface area contributed by atoms with E-state index in [0.29, 0.717) is 23.5 Å². The van der Waals surface area contributed by atoms with Crippen LogP contribution in [0, 0.1) is 0 Å². The average Bonchev–Trinajstić information content (AvgIpc) is 2.53. The molecule has 5 heteroatoms. The molecule has 0 saturated heterocycles. The molecule has 0 heterocycles. The summed E-state index contributed by atoms with van der Waals surface area (Å²) in [5.41, 5.74) is 1.54. The van der Waals surface area contributed by atoms with Crippen LogP contribution in [-0.2, 0) is 16.0 Å². The summed E-state index contributed by atoms with van der Waals surface area (Å²) < 4.78 is 10.4. The summed E-state index contributed by atoms with van der Waals surface area (Å²) in [5.74, 6) is -0.0826. The molecular weight excluding hydrogens is 282 g/mol. The van der Waals surface area contributed by atoms with Gasteiger partial charge in [0.15, 0.2) is 11.5 Å². The number of benzene rings is 1. The molecule has 0 fully saturated rings. The molecule has 0 aliphatic rings. The maximum atomic E-state index is 11.8. The van der Waals surface area contributed by atoms with E-state index in [1.54, 1.807) is 38.1 Å². The minimum absolute atomic E-state index is 0.207. The lowest BCUT2D eigenvalue weighted by Crippen LogP contribution is -2.32. The summed E-state index contributed by atoms with van der Waals surface area (Å²) in [6, 6.07) is 5.27. The minimum Gasteiger partial charge on any atom is -0.493 e. The number of ether oxygens (including phenoxy) is 2. The molecule has 0 aromatic heterocycles. The molecule has 1 amide bonds. The number of hydrogen-bond acceptors (Lipinski definition) is 4. The van der Waals surface area contributed by atoms with E-state index in [9.17, 15) is 9.59 Å². The van der Waals surface area contributed by atoms with Gasteiger partial charge in [0.25, 0.3) is 0 Å². The number of carbonyl (C=O) groups is 2. The molecule has 0 atom stereocenters. The zero-order valence-corrected chi connectivity index (χ0v) is 13.1. The molecule has 0 aliphatic heterocycles. The Morgan fingerprint density at radius 2 is 2.05 bits per heavy atom. The SMILES string of the molecule is C=CCc1ccc(OC(=O)CNC(=O)C(C)=CC)c(OC)c1. The molecule has 0 radical (unpaired) electrons. The number of nitrogens with one attached hydrogen (secondary N) is 1. The third-order valence-electron chi connectivity index (χ3n) is 3.02. The van der Waals surface area contributed by atoms with E-state index < -0.39 is 5.97 Å². The third kappa shape index (κ3) is 5.09. The molecule has 1 rings (SSSR count). The van der Waals surface area contributed by atoms with Crippen molar-refractivity contribution >= 4 is 11.9 Å². The summed E-state index contributed by atoms with van der Waals surface area (Å²) in [4.78, 5) is 23.3. The first-order valence-electron chi connectivity index (χ1n) is 6.91. The van der Waals surface area contributed by atoms with Gasteiger partial charge < -0.3 is 14.8 Å². The topological polar surface area (TPSA) is 64.6 Å². The van der Waals surface area contributed by atoms with Crippen molar-refractivity contribution in [1.29, 1.82) is 0 Å². The van der Waals surface area contributed by atoms with Crippen LogP contribution in [0.3, 0.4) is 0 Å². The molecule has 1 aromatic carbocycles. The molecule has 1 aromatic rings. The van der Waals surface area contributed by atoms with Crippen molar-refractivity contribution in [3.05, 3.63) is 48.1 Å². The Balaban J connectivity index is 2.68. The largest absolute Gasteiger partial charge is 0.493 e. The number of esters is 1. The van der Waals surface area contributed by atoms with Crippen molar-refractivity contribution in [1.82, 2.24) is 5.32 Å². The summed E-state index contributed by atoms with van der Waals surface area (Å²) in [6.07, 6.45) is 4.14.